The van der Waals surface area contributed by atoms with Crippen molar-refractivity contribution in [1.29, 1.82) is 0 Å². The fourth-order valence-electron chi connectivity index (χ4n) is 0.805. The van der Waals surface area contributed by atoms with Gasteiger partial charge in [0.05, 0.1) is 0 Å². The Morgan fingerprint density at radius 2 is 1.91 bits per heavy atom. The molecule has 1 amide bonds. The van der Waals surface area contributed by atoms with E-state index >= 15 is 0 Å². The van der Waals surface area contributed by atoms with Gasteiger partial charge in [-0.3, -0.25) is 4.79 Å². The van der Waals surface area contributed by atoms with Crippen LogP contribution in [0.25, 0.3) is 0 Å². The molecule has 0 heterocycles. The third kappa shape index (κ3) is 2.02. The summed E-state index contributed by atoms with van der Waals surface area (Å²) in [6.07, 6.45) is 0.902. The Kier molecular flexibility index (Phi) is 2.61. The molecule has 0 fully saturated rings. The first-order valence-corrected chi connectivity index (χ1v) is 4.14. The predicted octanol–water partition coefficient (Wildman–Crippen LogP) is 1.16. The minimum atomic E-state index is -0.375. The maximum atomic E-state index is 10.6. The molecular weight excluding hydrogens is 157 g/mol. The van der Waals surface area contributed by atoms with Crippen LogP contribution in [0.15, 0.2) is 24.3 Å². The minimum Gasteiger partial charge on any atom is -0.366 e. The van der Waals surface area contributed by atoms with Gasteiger partial charge in [-0.1, -0.05) is 12.1 Å². The van der Waals surface area contributed by atoms with E-state index in [1.54, 1.807) is 12.1 Å². The summed E-state index contributed by atoms with van der Waals surface area (Å²) in [5.74, 6) is -0.375. The summed E-state index contributed by atoms with van der Waals surface area (Å²) in [6.45, 7) is 0. The van der Waals surface area contributed by atoms with E-state index < -0.39 is 0 Å². The summed E-state index contributed by atoms with van der Waals surface area (Å²) >= 11 is 0. The number of carbonyl (C=O) groups excluding carboxylic acids is 1. The van der Waals surface area contributed by atoms with Crippen LogP contribution in [0, 0.1) is 0 Å². The van der Waals surface area contributed by atoms with E-state index in [9.17, 15) is 4.79 Å². The average molecular weight is 167 g/mol. The van der Waals surface area contributed by atoms with Gasteiger partial charge in [0.1, 0.15) is 0 Å². The first kappa shape index (κ1) is 8.22. The van der Waals surface area contributed by atoms with Crippen molar-refractivity contribution in [2.75, 3.05) is 0 Å². The van der Waals surface area contributed by atoms with Crippen LogP contribution >= 0.6 is 9.24 Å². The van der Waals surface area contributed by atoms with Crippen molar-refractivity contribution in [3.05, 3.63) is 35.4 Å². The van der Waals surface area contributed by atoms with Crippen LogP contribution in [-0.4, -0.2) is 5.91 Å². The summed E-state index contributed by atoms with van der Waals surface area (Å²) in [5, 5.41) is 0. The molecule has 2 nitrogen and oxygen atoms in total. The highest BCUT2D eigenvalue weighted by molar-refractivity contribution is 7.15. The van der Waals surface area contributed by atoms with E-state index in [1.165, 1.54) is 5.56 Å². The zero-order valence-electron chi connectivity index (χ0n) is 6.08. The van der Waals surface area contributed by atoms with Crippen LogP contribution in [0.5, 0.6) is 0 Å². The first-order chi connectivity index (χ1) is 5.24. The molecule has 0 aliphatic heterocycles. The Balaban J connectivity index is 2.91. The SMILES string of the molecule is NC(=O)c1ccc(CP)cc1. The van der Waals surface area contributed by atoms with Gasteiger partial charge in [-0.2, -0.15) is 0 Å². The average Bonchev–Trinajstić information content (AvgIpc) is 2.05. The zero-order valence-corrected chi connectivity index (χ0v) is 7.23. The lowest BCUT2D eigenvalue weighted by atomic mass is 10.1. The fraction of sp³-hybridized carbons (Fsp3) is 0.125. The van der Waals surface area contributed by atoms with Crippen molar-refractivity contribution in [2.24, 2.45) is 5.73 Å². The van der Waals surface area contributed by atoms with Crippen molar-refractivity contribution in [3.63, 3.8) is 0 Å². The summed E-state index contributed by atoms with van der Waals surface area (Å²) in [4.78, 5) is 10.6. The second-order valence-electron chi connectivity index (χ2n) is 2.27. The van der Waals surface area contributed by atoms with E-state index in [2.05, 4.69) is 9.24 Å². The van der Waals surface area contributed by atoms with E-state index in [4.69, 9.17) is 5.73 Å². The molecular formula is C8H10NOP. The molecule has 2 N–H and O–H groups in total. The molecule has 1 unspecified atom stereocenters. The Morgan fingerprint density at radius 3 is 2.27 bits per heavy atom. The molecule has 11 heavy (non-hydrogen) atoms. The van der Waals surface area contributed by atoms with Crippen molar-refractivity contribution in [3.8, 4) is 0 Å². The Morgan fingerprint density at radius 1 is 1.36 bits per heavy atom. The largest absolute Gasteiger partial charge is 0.366 e. The van der Waals surface area contributed by atoms with Crippen LogP contribution in [0.3, 0.4) is 0 Å². The molecule has 0 spiro atoms. The van der Waals surface area contributed by atoms with Gasteiger partial charge in [0, 0.05) is 5.56 Å². The van der Waals surface area contributed by atoms with Gasteiger partial charge in [0.25, 0.3) is 0 Å². The number of benzene rings is 1. The normalized spacial score (nSPS) is 9.55. The van der Waals surface area contributed by atoms with E-state index in [0.29, 0.717) is 5.56 Å². The number of rotatable bonds is 2. The number of primary amides is 1. The molecule has 0 saturated heterocycles. The minimum absolute atomic E-state index is 0.375. The van der Waals surface area contributed by atoms with E-state index in [0.717, 1.165) is 6.16 Å². The van der Waals surface area contributed by atoms with E-state index in [1.807, 2.05) is 12.1 Å². The highest BCUT2D eigenvalue weighted by Gasteiger charge is 1.97. The van der Waals surface area contributed by atoms with Crippen LogP contribution < -0.4 is 5.73 Å². The number of nitrogens with two attached hydrogens (primary N) is 1. The topological polar surface area (TPSA) is 43.1 Å². The van der Waals surface area contributed by atoms with Gasteiger partial charge in [-0.25, -0.2) is 0 Å². The lowest BCUT2D eigenvalue weighted by molar-refractivity contribution is 0.100. The summed E-state index contributed by atoms with van der Waals surface area (Å²) in [7, 11) is 2.62. The molecule has 0 aliphatic carbocycles. The van der Waals surface area contributed by atoms with Crippen LogP contribution in [0.1, 0.15) is 15.9 Å². The van der Waals surface area contributed by atoms with Crippen LogP contribution in [0.4, 0.5) is 0 Å². The lowest BCUT2D eigenvalue weighted by Crippen LogP contribution is -2.10. The van der Waals surface area contributed by atoms with Gasteiger partial charge in [-0.15, -0.1) is 9.24 Å². The molecule has 0 saturated carbocycles. The van der Waals surface area contributed by atoms with Gasteiger partial charge in [-0.05, 0) is 23.9 Å². The standard InChI is InChI=1S/C8H10NOP/c9-8(10)7-3-1-6(5-11)2-4-7/h1-4H,5,11H2,(H2,9,10). The zero-order chi connectivity index (χ0) is 8.27. The second kappa shape index (κ2) is 3.49. The number of hydrogen-bond acceptors (Lipinski definition) is 1. The first-order valence-electron chi connectivity index (χ1n) is 3.33. The number of amides is 1. The molecule has 3 heteroatoms. The molecule has 58 valence electrons. The maximum Gasteiger partial charge on any atom is 0.248 e. The van der Waals surface area contributed by atoms with Gasteiger partial charge >= 0.3 is 0 Å². The third-order valence-electron chi connectivity index (χ3n) is 1.47. The van der Waals surface area contributed by atoms with Gasteiger partial charge in [0.2, 0.25) is 5.91 Å². The smallest absolute Gasteiger partial charge is 0.248 e. The highest BCUT2D eigenvalue weighted by atomic mass is 31.0. The van der Waals surface area contributed by atoms with Crippen molar-refractivity contribution >= 4 is 15.1 Å². The lowest BCUT2D eigenvalue weighted by Gasteiger charge is -1.96. The van der Waals surface area contributed by atoms with Crippen molar-refractivity contribution in [2.45, 2.75) is 6.16 Å². The summed E-state index contributed by atoms with van der Waals surface area (Å²) in [5.41, 5.74) is 6.80. The molecule has 1 atom stereocenters. The maximum absolute atomic E-state index is 10.6. The van der Waals surface area contributed by atoms with E-state index in [-0.39, 0.29) is 5.91 Å². The molecule has 1 aromatic rings. The molecule has 0 bridgehead atoms. The molecule has 0 aliphatic rings. The Hall–Kier alpha value is -0.880. The molecule has 0 radical (unpaired) electrons. The quantitative estimate of drug-likeness (QED) is 0.660. The fourth-order valence-corrected chi connectivity index (χ4v) is 1.08. The Labute approximate surface area is 68.0 Å². The predicted molar refractivity (Wildman–Crippen MR) is 48.4 cm³/mol. The van der Waals surface area contributed by atoms with Crippen molar-refractivity contribution in [1.82, 2.24) is 0 Å². The summed E-state index contributed by atoms with van der Waals surface area (Å²) < 4.78 is 0. The number of hydrogen-bond donors (Lipinski definition) is 1. The number of carbonyl (C=O) groups is 1. The van der Waals surface area contributed by atoms with Gasteiger partial charge in [0.15, 0.2) is 0 Å². The highest BCUT2D eigenvalue weighted by Crippen LogP contribution is 2.06. The summed E-state index contributed by atoms with van der Waals surface area (Å²) in [6, 6.07) is 7.27. The van der Waals surface area contributed by atoms with Gasteiger partial charge < -0.3 is 5.73 Å². The van der Waals surface area contributed by atoms with Crippen LogP contribution in [0.2, 0.25) is 0 Å². The third-order valence-corrected chi connectivity index (χ3v) is 1.95. The molecule has 1 aromatic carbocycles. The Bertz CT molecular complexity index is 255. The second-order valence-corrected chi connectivity index (χ2v) is 2.67. The monoisotopic (exact) mass is 167 g/mol. The molecule has 0 aromatic heterocycles. The van der Waals surface area contributed by atoms with Crippen molar-refractivity contribution < 1.29 is 4.79 Å². The molecule has 1 rings (SSSR count). The van der Waals surface area contributed by atoms with Crippen LogP contribution in [-0.2, 0) is 6.16 Å².